The predicted molar refractivity (Wildman–Crippen MR) is 95.8 cm³/mol. The quantitative estimate of drug-likeness (QED) is 0.774. The number of amides is 3. The zero-order chi connectivity index (χ0) is 19.7. The van der Waals surface area contributed by atoms with Gasteiger partial charge < -0.3 is 10.6 Å². The number of nitrogens with two attached hydrogens (primary N) is 1. The molecule has 1 aromatic rings. The van der Waals surface area contributed by atoms with Gasteiger partial charge in [-0.25, -0.2) is 4.39 Å². The van der Waals surface area contributed by atoms with Gasteiger partial charge in [0, 0.05) is 17.5 Å². The van der Waals surface area contributed by atoms with E-state index in [1.165, 1.54) is 23.1 Å². The van der Waals surface area contributed by atoms with Crippen LogP contribution in [0.25, 0.3) is 0 Å². The van der Waals surface area contributed by atoms with Crippen LogP contribution < -0.4 is 10.6 Å². The van der Waals surface area contributed by atoms with Crippen molar-refractivity contribution >= 4 is 23.4 Å². The van der Waals surface area contributed by atoms with E-state index < -0.39 is 23.2 Å². The monoisotopic (exact) mass is 374 g/mol. The number of hydrogen-bond donors (Lipinski definition) is 2. The first-order chi connectivity index (χ1) is 12.7. The third kappa shape index (κ3) is 2.18. The fourth-order valence-electron chi connectivity index (χ4n) is 5.11. The van der Waals surface area contributed by atoms with Crippen molar-refractivity contribution in [3.63, 3.8) is 0 Å². The Kier molecular flexibility index (Phi) is 3.93. The highest BCUT2D eigenvalue weighted by Crippen LogP contribution is 2.50. The number of anilines is 1. The molecule has 0 saturated carbocycles. The number of imide groups is 1. The summed E-state index contributed by atoms with van der Waals surface area (Å²) in [5, 5.41) is 4.65. The molecule has 0 aromatic heterocycles. The Morgan fingerprint density at radius 1 is 1.22 bits per heavy atom. The Morgan fingerprint density at radius 2 is 1.93 bits per heavy atom. The Balaban J connectivity index is 1.92. The van der Waals surface area contributed by atoms with Crippen molar-refractivity contribution in [1.82, 2.24) is 4.90 Å². The lowest BCUT2D eigenvalue weighted by atomic mass is 9.76. The molecule has 0 unspecified atom stereocenters. The largest absolute Gasteiger partial charge is 0.326 e. The highest BCUT2D eigenvalue weighted by atomic mass is 19.1. The number of fused-ring (bicyclic) bond motifs is 4. The molecule has 27 heavy (non-hydrogen) atoms. The average Bonchev–Trinajstić information content (AvgIpc) is 3.20. The molecular formula is C20H25FN3O3+. The van der Waals surface area contributed by atoms with Crippen LogP contribution >= 0.6 is 0 Å². The fraction of sp³-hybridized carbons (Fsp3) is 0.550. The van der Waals surface area contributed by atoms with Crippen LogP contribution in [0.1, 0.15) is 39.7 Å². The van der Waals surface area contributed by atoms with Crippen molar-refractivity contribution in [2.75, 3.05) is 5.32 Å². The topological polar surface area (TPSA) is 83.1 Å². The zero-order valence-electron chi connectivity index (χ0n) is 16.0. The second-order valence-corrected chi connectivity index (χ2v) is 8.31. The molecule has 5 atom stereocenters. The molecule has 3 heterocycles. The number of quaternary nitrogens is 1. The van der Waals surface area contributed by atoms with Gasteiger partial charge >= 0.3 is 0 Å². The summed E-state index contributed by atoms with van der Waals surface area (Å²) in [4.78, 5) is 41.1. The number of nitrogens with one attached hydrogen (secondary N) is 1. The van der Waals surface area contributed by atoms with Crippen LogP contribution in [0.15, 0.2) is 18.2 Å². The normalized spacial score (nSPS) is 33.0. The van der Waals surface area contributed by atoms with Gasteiger partial charge in [0.1, 0.15) is 23.7 Å². The summed E-state index contributed by atoms with van der Waals surface area (Å²) in [6.45, 7) is 7.74. The van der Waals surface area contributed by atoms with Crippen LogP contribution in [0.3, 0.4) is 0 Å². The molecule has 3 aliphatic heterocycles. The Labute approximate surface area is 157 Å². The van der Waals surface area contributed by atoms with E-state index in [0.29, 0.717) is 17.7 Å². The van der Waals surface area contributed by atoms with E-state index in [-0.39, 0.29) is 35.7 Å². The van der Waals surface area contributed by atoms with Crippen LogP contribution in [-0.4, -0.2) is 34.7 Å². The molecule has 0 radical (unpaired) electrons. The van der Waals surface area contributed by atoms with Crippen LogP contribution in [0.4, 0.5) is 10.1 Å². The van der Waals surface area contributed by atoms with Crippen molar-refractivity contribution < 1.29 is 24.1 Å². The van der Waals surface area contributed by atoms with Gasteiger partial charge in [-0.1, -0.05) is 20.8 Å². The number of likely N-dealkylation sites (tertiary alicyclic amines) is 1. The number of nitrogens with zero attached hydrogens (tertiary/aromatic N) is 1. The molecule has 1 aromatic carbocycles. The molecule has 2 saturated heterocycles. The van der Waals surface area contributed by atoms with Crippen molar-refractivity contribution in [3.8, 4) is 0 Å². The van der Waals surface area contributed by atoms with E-state index in [1.54, 1.807) is 0 Å². The van der Waals surface area contributed by atoms with Crippen molar-refractivity contribution in [3.05, 3.63) is 29.6 Å². The molecule has 0 bridgehead atoms. The first kappa shape index (κ1) is 18.1. The van der Waals surface area contributed by atoms with Crippen LogP contribution in [0.2, 0.25) is 0 Å². The molecule has 1 spiro atoms. The van der Waals surface area contributed by atoms with Crippen LogP contribution in [-0.2, 0) is 19.9 Å². The van der Waals surface area contributed by atoms with E-state index in [4.69, 9.17) is 0 Å². The number of carbonyl (C=O) groups excluding carboxylic acids is 3. The number of rotatable bonds is 3. The number of halogens is 1. The molecule has 3 aliphatic rings. The molecule has 2 fully saturated rings. The summed E-state index contributed by atoms with van der Waals surface area (Å²) in [5.41, 5.74) is -0.299. The van der Waals surface area contributed by atoms with Crippen molar-refractivity contribution in [2.24, 2.45) is 17.8 Å². The summed E-state index contributed by atoms with van der Waals surface area (Å²) >= 11 is 0. The van der Waals surface area contributed by atoms with Gasteiger partial charge in [0.25, 0.3) is 5.91 Å². The summed E-state index contributed by atoms with van der Waals surface area (Å²) in [5.74, 6) is -2.63. The Hall–Kier alpha value is -2.28. The van der Waals surface area contributed by atoms with Gasteiger partial charge in [-0.3, -0.25) is 19.3 Å². The first-order valence-corrected chi connectivity index (χ1v) is 9.58. The van der Waals surface area contributed by atoms with E-state index in [9.17, 15) is 18.8 Å². The van der Waals surface area contributed by atoms with Crippen molar-refractivity contribution in [1.29, 1.82) is 0 Å². The van der Waals surface area contributed by atoms with Gasteiger partial charge in [-0.15, -0.1) is 0 Å². The molecule has 6 nitrogen and oxygen atoms in total. The SMILES string of the molecule is CC[C@H](C)N1C(=O)[C@@H]2[C@@H](C(C)C)[NH2+][C@]3(C(=O)Nc4ccc(F)cc43)[C@@H]2C1=O. The van der Waals surface area contributed by atoms with Crippen LogP contribution in [0, 0.1) is 23.6 Å². The maximum Gasteiger partial charge on any atom is 0.291 e. The standard InChI is InChI=1S/C20H24FN3O3/c1-5-10(4)24-17(25)14-15(18(24)26)20(23-16(14)9(2)3)12-8-11(21)6-7-13(12)22-19(20)27/h6-10,14-16,23H,5H2,1-4H3,(H,22,27)/p+1/t10-,14-,15-,16+,20-/m0/s1. The fourth-order valence-corrected chi connectivity index (χ4v) is 5.11. The minimum absolute atomic E-state index is 0.0796. The third-order valence-electron chi connectivity index (χ3n) is 6.60. The van der Waals surface area contributed by atoms with Gasteiger partial charge in [0.05, 0.1) is 5.69 Å². The second kappa shape index (κ2) is 5.86. The van der Waals surface area contributed by atoms with Gasteiger partial charge in [0.2, 0.25) is 17.4 Å². The molecule has 4 rings (SSSR count). The highest BCUT2D eigenvalue weighted by Gasteiger charge is 2.74. The smallest absolute Gasteiger partial charge is 0.291 e. The molecule has 0 aliphatic carbocycles. The van der Waals surface area contributed by atoms with Crippen molar-refractivity contribution in [2.45, 2.75) is 51.7 Å². The average molecular weight is 374 g/mol. The second-order valence-electron chi connectivity index (χ2n) is 8.31. The van der Waals surface area contributed by atoms with E-state index in [2.05, 4.69) is 5.32 Å². The van der Waals surface area contributed by atoms with E-state index in [1.807, 2.05) is 33.0 Å². The molecule has 3 amide bonds. The molecule has 3 N–H and O–H groups in total. The molecular weight excluding hydrogens is 349 g/mol. The summed E-state index contributed by atoms with van der Waals surface area (Å²) in [6, 6.07) is 3.69. The Bertz CT molecular complexity index is 855. The summed E-state index contributed by atoms with van der Waals surface area (Å²) in [7, 11) is 0. The Morgan fingerprint density at radius 3 is 2.56 bits per heavy atom. The molecule has 7 heteroatoms. The lowest BCUT2D eigenvalue weighted by Gasteiger charge is -2.29. The minimum atomic E-state index is -1.29. The maximum atomic E-state index is 14.0. The van der Waals surface area contributed by atoms with E-state index in [0.717, 1.165) is 0 Å². The van der Waals surface area contributed by atoms with Gasteiger partial charge in [0.15, 0.2) is 0 Å². The summed E-state index contributed by atoms with van der Waals surface area (Å²) in [6.07, 6.45) is 0.650. The highest BCUT2D eigenvalue weighted by molar-refractivity contribution is 6.14. The van der Waals surface area contributed by atoms with E-state index >= 15 is 0 Å². The minimum Gasteiger partial charge on any atom is -0.326 e. The summed E-state index contributed by atoms with van der Waals surface area (Å²) < 4.78 is 14.0. The van der Waals surface area contributed by atoms with Gasteiger partial charge in [-0.2, -0.15) is 0 Å². The number of carbonyl (C=O) groups is 3. The maximum absolute atomic E-state index is 14.0. The zero-order valence-corrected chi connectivity index (χ0v) is 16.0. The number of benzene rings is 1. The lowest BCUT2D eigenvalue weighted by molar-refractivity contribution is -0.738. The molecule has 144 valence electrons. The lowest BCUT2D eigenvalue weighted by Crippen LogP contribution is -2.99. The number of hydrogen-bond acceptors (Lipinski definition) is 3. The van der Waals surface area contributed by atoms with Crippen LogP contribution in [0.5, 0.6) is 0 Å². The first-order valence-electron chi connectivity index (χ1n) is 9.58. The predicted octanol–water partition coefficient (Wildman–Crippen LogP) is 0.974. The van der Waals surface area contributed by atoms with Gasteiger partial charge in [-0.05, 0) is 31.5 Å². The third-order valence-corrected chi connectivity index (χ3v) is 6.60.